The van der Waals surface area contributed by atoms with E-state index in [1.54, 1.807) is 12.1 Å². The number of aryl methyl sites for hydroxylation is 2. The van der Waals surface area contributed by atoms with Crippen molar-refractivity contribution in [1.82, 2.24) is 4.98 Å². The van der Waals surface area contributed by atoms with Gasteiger partial charge in [-0.05, 0) is 55.0 Å². The molecular weight excluding hydrogens is 511 g/mol. The van der Waals surface area contributed by atoms with Crippen LogP contribution < -0.4 is 5.73 Å². The standard InChI is InChI=1S/C29H34N2O4.2ClH/c1-18(2)16-25-24(17-30)27(22-10-6-19(3)7-11-22)26(20(4)31-25)29(33)35-15-14-21-8-12-23(13-9-21)28(32)34-5;;/h6-13,18H,14-17,30H2,1-5H3;2*1H. The van der Waals surface area contributed by atoms with Crippen LogP contribution in [0.4, 0.5) is 0 Å². The third kappa shape index (κ3) is 8.03. The lowest BCUT2D eigenvalue weighted by atomic mass is 9.90. The maximum absolute atomic E-state index is 13.3. The maximum Gasteiger partial charge on any atom is 0.340 e. The molecule has 3 aromatic rings. The van der Waals surface area contributed by atoms with Gasteiger partial charge >= 0.3 is 11.9 Å². The number of methoxy groups -OCH3 is 1. The van der Waals surface area contributed by atoms with E-state index >= 15 is 0 Å². The molecule has 3 rings (SSSR count). The summed E-state index contributed by atoms with van der Waals surface area (Å²) in [5.41, 5.74) is 13.4. The molecule has 0 saturated heterocycles. The van der Waals surface area contributed by atoms with E-state index in [1.807, 2.05) is 50.2 Å². The van der Waals surface area contributed by atoms with Gasteiger partial charge in [0.25, 0.3) is 0 Å². The lowest BCUT2D eigenvalue weighted by molar-refractivity contribution is 0.0508. The van der Waals surface area contributed by atoms with Crippen LogP contribution in [0.1, 0.15) is 62.6 Å². The normalized spacial score (nSPS) is 10.4. The Balaban J connectivity index is 0.00000342. The molecule has 0 saturated carbocycles. The predicted octanol–water partition coefficient (Wildman–Crippen LogP) is 6.05. The fourth-order valence-electron chi connectivity index (χ4n) is 4.12. The highest BCUT2D eigenvalue weighted by atomic mass is 35.5. The molecule has 2 aromatic carbocycles. The Bertz CT molecular complexity index is 1190. The van der Waals surface area contributed by atoms with Gasteiger partial charge in [0, 0.05) is 24.2 Å². The molecule has 0 unspecified atom stereocenters. The van der Waals surface area contributed by atoms with Crippen molar-refractivity contribution in [2.75, 3.05) is 13.7 Å². The number of carbonyl (C=O) groups is 2. The summed E-state index contributed by atoms with van der Waals surface area (Å²) in [6, 6.07) is 15.2. The molecule has 0 amide bonds. The van der Waals surface area contributed by atoms with Gasteiger partial charge in [-0.15, -0.1) is 24.8 Å². The van der Waals surface area contributed by atoms with Gasteiger partial charge in [-0.3, -0.25) is 4.98 Å². The van der Waals surface area contributed by atoms with Gasteiger partial charge in [0.15, 0.2) is 0 Å². The molecule has 0 fully saturated rings. The maximum atomic E-state index is 13.3. The summed E-state index contributed by atoms with van der Waals surface area (Å²) in [6.07, 6.45) is 1.30. The minimum atomic E-state index is -0.414. The largest absolute Gasteiger partial charge is 0.465 e. The first-order valence-electron chi connectivity index (χ1n) is 11.9. The number of nitrogens with two attached hydrogens (primary N) is 1. The number of nitrogens with zero attached hydrogens (tertiary/aromatic N) is 1. The number of hydrogen-bond acceptors (Lipinski definition) is 6. The molecule has 0 atom stereocenters. The van der Waals surface area contributed by atoms with Gasteiger partial charge in [0.1, 0.15) is 0 Å². The number of benzene rings is 2. The van der Waals surface area contributed by atoms with Crippen molar-refractivity contribution >= 4 is 36.8 Å². The molecule has 6 nitrogen and oxygen atoms in total. The van der Waals surface area contributed by atoms with Crippen molar-refractivity contribution in [3.8, 4) is 11.1 Å². The Morgan fingerprint density at radius 1 is 0.946 bits per heavy atom. The van der Waals surface area contributed by atoms with Crippen LogP contribution in [0.15, 0.2) is 48.5 Å². The number of rotatable bonds is 9. The topological polar surface area (TPSA) is 91.5 Å². The zero-order chi connectivity index (χ0) is 25.5. The molecule has 1 heterocycles. The second-order valence-electron chi connectivity index (χ2n) is 9.12. The highest BCUT2D eigenvalue weighted by molar-refractivity contribution is 5.99. The average molecular weight is 548 g/mol. The highest BCUT2D eigenvalue weighted by Crippen LogP contribution is 2.33. The summed E-state index contributed by atoms with van der Waals surface area (Å²) in [5.74, 6) is -0.393. The number of halogens is 2. The van der Waals surface area contributed by atoms with Crippen LogP contribution in [0.2, 0.25) is 0 Å². The Hall–Kier alpha value is -2.93. The van der Waals surface area contributed by atoms with E-state index in [0.29, 0.717) is 29.2 Å². The van der Waals surface area contributed by atoms with Crippen molar-refractivity contribution in [3.63, 3.8) is 0 Å². The number of hydrogen-bond donors (Lipinski definition) is 1. The van der Waals surface area contributed by atoms with Crippen molar-refractivity contribution < 1.29 is 19.1 Å². The van der Waals surface area contributed by atoms with Crippen molar-refractivity contribution in [2.24, 2.45) is 11.7 Å². The van der Waals surface area contributed by atoms with Gasteiger partial charge in [0.05, 0.1) is 30.5 Å². The molecule has 0 aliphatic carbocycles. The second-order valence-corrected chi connectivity index (χ2v) is 9.12. The van der Waals surface area contributed by atoms with Crippen LogP contribution in [-0.2, 0) is 28.9 Å². The summed E-state index contributed by atoms with van der Waals surface area (Å²) in [5, 5.41) is 0. The third-order valence-corrected chi connectivity index (χ3v) is 5.91. The summed E-state index contributed by atoms with van der Waals surface area (Å²) in [7, 11) is 1.35. The van der Waals surface area contributed by atoms with E-state index in [1.165, 1.54) is 7.11 Å². The molecular formula is C29H36Cl2N2O4. The van der Waals surface area contributed by atoms with Crippen LogP contribution in [0.3, 0.4) is 0 Å². The fourth-order valence-corrected chi connectivity index (χ4v) is 4.12. The fraction of sp³-hybridized carbons (Fsp3) is 0.345. The van der Waals surface area contributed by atoms with E-state index < -0.39 is 5.97 Å². The lowest BCUT2D eigenvalue weighted by Crippen LogP contribution is -2.18. The second kappa shape index (κ2) is 14.7. The summed E-state index contributed by atoms with van der Waals surface area (Å²) < 4.78 is 10.4. The smallest absolute Gasteiger partial charge is 0.340 e. The molecule has 8 heteroatoms. The van der Waals surface area contributed by atoms with Crippen molar-refractivity contribution in [3.05, 3.63) is 87.7 Å². The minimum Gasteiger partial charge on any atom is -0.465 e. The van der Waals surface area contributed by atoms with Gasteiger partial charge in [0.2, 0.25) is 0 Å². The SMILES string of the molecule is COC(=O)c1ccc(CCOC(=O)c2c(C)nc(CC(C)C)c(CN)c2-c2ccc(C)cc2)cc1.Cl.Cl. The van der Waals surface area contributed by atoms with E-state index in [9.17, 15) is 9.59 Å². The molecule has 200 valence electrons. The molecule has 0 radical (unpaired) electrons. The number of pyridine rings is 1. The minimum absolute atomic E-state index is 0. The average Bonchev–Trinajstić information content (AvgIpc) is 2.83. The van der Waals surface area contributed by atoms with E-state index in [4.69, 9.17) is 20.2 Å². The zero-order valence-corrected chi connectivity index (χ0v) is 23.6. The highest BCUT2D eigenvalue weighted by Gasteiger charge is 2.24. The molecule has 0 aliphatic rings. The van der Waals surface area contributed by atoms with Crippen LogP contribution in [-0.4, -0.2) is 30.6 Å². The van der Waals surface area contributed by atoms with Crippen LogP contribution >= 0.6 is 24.8 Å². The Labute approximate surface area is 231 Å². The molecule has 0 spiro atoms. The van der Waals surface area contributed by atoms with Gasteiger partial charge < -0.3 is 15.2 Å². The number of ether oxygens (including phenoxy) is 2. The first-order chi connectivity index (χ1) is 16.7. The third-order valence-electron chi connectivity index (χ3n) is 5.91. The molecule has 0 bridgehead atoms. The molecule has 1 aromatic heterocycles. The number of carbonyl (C=O) groups excluding carboxylic acids is 2. The van der Waals surface area contributed by atoms with Crippen molar-refractivity contribution in [1.29, 1.82) is 0 Å². The quantitative estimate of drug-likeness (QED) is 0.328. The monoisotopic (exact) mass is 546 g/mol. The first-order valence-corrected chi connectivity index (χ1v) is 11.9. The number of esters is 2. The Morgan fingerprint density at radius 2 is 1.57 bits per heavy atom. The van der Waals surface area contributed by atoms with Crippen LogP contribution in [0.5, 0.6) is 0 Å². The van der Waals surface area contributed by atoms with Crippen LogP contribution in [0, 0.1) is 19.8 Å². The number of aromatic nitrogens is 1. The summed E-state index contributed by atoms with van der Waals surface area (Å²) >= 11 is 0. The summed E-state index contributed by atoms with van der Waals surface area (Å²) in [6.45, 7) is 8.65. The van der Waals surface area contributed by atoms with Crippen molar-refractivity contribution in [2.45, 2.75) is 47.1 Å². The Kier molecular flexibility index (Phi) is 12.8. The molecule has 2 N–H and O–H groups in total. The lowest BCUT2D eigenvalue weighted by Gasteiger charge is -2.20. The first kappa shape index (κ1) is 32.1. The zero-order valence-electron chi connectivity index (χ0n) is 22.0. The predicted molar refractivity (Wildman–Crippen MR) is 152 cm³/mol. The van der Waals surface area contributed by atoms with Gasteiger partial charge in [-0.2, -0.15) is 0 Å². The van der Waals surface area contributed by atoms with E-state index in [-0.39, 0.29) is 43.9 Å². The van der Waals surface area contributed by atoms with Crippen LogP contribution in [0.25, 0.3) is 11.1 Å². The van der Waals surface area contributed by atoms with E-state index in [2.05, 4.69) is 13.8 Å². The Morgan fingerprint density at radius 3 is 2.11 bits per heavy atom. The van der Waals surface area contributed by atoms with Gasteiger partial charge in [-0.1, -0.05) is 55.8 Å². The molecule has 0 aliphatic heterocycles. The summed E-state index contributed by atoms with van der Waals surface area (Å²) in [4.78, 5) is 29.7. The molecule has 37 heavy (non-hydrogen) atoms. The van der Waals surface area contributed by atoms with Gasteiger partial charge in [-0.25, -0.2) is 9.59 Å². The van der Waals surface area contributed by atoms with E-state index in [0.717, 1.165) is 39.9 Å².